The third-order valence-corrected chi connectivity index (χ3v) is 4.72. The Morgan fingerprint density at radius 1 is 1.18 bits per heavy atom. The van der Waals surface area contributed by atoms with Crippen LogP contribution in [0.3, 0.4) is 0 Å². The molecule has 1 unspecified atom stereocenters. The monoisotopic (exact) mass is 299 g/mol. The summed E-state index contributed by atoms with van der Waals surface area (Å²) in [4.78, 5) is 1.76. The van der Waals surface area contributed by atoms with Crippen molar-refractivity contribution in [3.8, 4) is 0 Å². The third kappa shape index (κ3) is 4.37. The maximum Gasteiger partial charge on any atom is 0.162 e. The minimum absolute atomic E-state index is 0.653. The van der Waals surface area contributed by atoms with Gasteiger partial charge < -0.3 is 5.32 Å². The van der Waals surface area contributed by atoms with E-state index in [2.05, 4.69) is 51.1 Å². The average Bonchev–Trinajstić information content (AvgIpc) is 3.09. The number of benzene rings is 1. The van der Waals surface area contributed by atoms with Crippen LogP contribution in [0.25, 0.3) is 0 Å². The van der Waals surface area contributed by atoms with Crippen molar-refractivity contribution in [3.63, 3.8) is 0 Å². The van der Waals surface area contributed by atoms with E-state index < -0.39 is 0 Å². The Balaban J connectivity index is 1.55. The van der Waals surface area contributed by atoms with E-state index in [0.717, 1.165) is 32.0 Å². The zero-order chi connectivity index (χ0) is 15.0. The third-order valence-electron chi connectivity index (χ3n) is 4.72. The molecule has 1 fully saturated rings. The van der Waals surface area contributed by atoms with E-state index in [1.165, 1.54) is 37.6 Å². The van der Waals surface area contributed by atoms with Gasteiger partial charge in [0.25, 0.3) is 0 Å². The van der Waals surface area contributed by atoms with Crippen molar-refractivity contribution >= 4 is 0 Å². The fraction of sp³-hybridized carbons (Fsp3) is 0.588. The number of hydrogen-bond donors (Lipinski definition) is 1. The fourth-order valence-corrected chi connectivity index (χ4v) is 3.49. The minimum atomic E-state index is 0.653. The van der Waals surface area contributed by atoms with Crippen molar-refractivity contribution in [3.05, 3.63) is 42.2 Å². The molecule has 118 valence electrons. The maximum atomic E-state index is 4.20. The van der Waals surface area contributed by atoms with E-state index in [9.17, 15) is 0 Å². The molecule has 5 heteroatoms. The molecule has 3 rings (SSSR count). The van der Waals surface area contributed by atoms with Gasteiger partial charge in [-0.15, -0.1) is 10.2 Å². The molecular formula is C17H25N5. The highest BCUT2D eigenvalue weighted by Gasteiger charge is 2.24. The normalized spacial score (nSPS) is 17.5. The predicted molar refractivity (Wildman–Crippen MR) is 86.3 cm³/mol. The highest BCUT2D eigenvalue weighted by atomic mass is 15.6. The number of nitrogens with one attached hydrogen (secondary N) is 1. The van der Waals surface area contributed by atoms with Gasteiger partial charge in [-0.3, -0.25) is 0 Å². The predicted octanol–water partition coefficient (Wildman–Crippen LogP) is 2.31. The summed E-state index contributed by atoms with van der Waals surface area (Å²) in [6, 6.07) is 10.8. The Morgan fingerprint density at radius 2 is 2.00 bits per heavy atom. The summed E-state index contributed by atoms with van der Waals surface area (Å²) in [5.41, 5.74) is 1.44. The number of piperidine rings is 1. The van der Waals surface area contributed by atoms with Gasteiger partial charge in [-0.25, -0.2) is 0 Å². The zero-order valence-corrected chi connectivity index (χ0v) is 13.1. The molecule has 0 bridgehead atoms. The number of aromatic nitrogens is 4. The first-order valence-electron chi connectivity index (χ1n) is 8.37. The smallest absolute Gasteiger partial charge is 0.162 e. The molecule has 1 saturated heterocycles. The second-order valence-electron chi connectivity index (χ2n) is 6.22. The molecule has 1 aliphatic rings. The number of aryl methyl sites for hydroxylation is 1. The summed E-state index contributed by atoms with van der Waals surface area (Å²) >= 11 is 0. The van der Waals surface area contributed by atoms with Crippen LogP contribution in [0.15, 0.2) is 36.7 Å². The molecule has 1 aliphatic heterocycles. The summed E-state index contributed by atoms with van der Waals surface area (Å²) in [7, 11) is 0. The van der Waals surface area contributed by atoms with Gasteiger partial charge in [-0.2, -0.15) is 4.80 Å². The Kier molecular flexibility index (Phi) is 5.54. The SMILES string of the molecule is c1ccc(CCCC(Cn2ncnn2)C2CCNCC2)cc1. The highest BCUT2D eigenvalue weighted by Crippen LogP contribution is 2.27. The molecule has 0 spiro atoms. The average molecular weight is 299 g/mol. The van der Waals surface area contributed by atoms with Crippen LogP contribution in [-0.2, 0) is 13.0 Å². The largest absolute Gasteiger partial charge is 0.317 e. The summed E-state index contributed by atoms with van der Waals surface area (Å²) < 4.78 is 0. The van der Waals surface area contributed by atoms with Crippen molar-refractivity contribution < 1.29 is 0 Å². The molecule has 0 aliphatic carbocycles. The van der Waals surface area contributed by atoms with E-state index in [1.54, 1.807) is 4.80 Å². The second-order valence-corrected chi connectivity index (χ2v) is 6.22. The van der Waals surface area contributed by atoms with E-state index in [-0.39, 0.29) is 0 Å². The van der Waals surface area contributed by atoms with Crippen molar-refractivity contribution in [1.82, 2.24) is 25.5 Å². The number of rotatable bonds is 7. The topological polar surface area (TPSA) is 55.6 Å². The van der Waals surface area contributed by atoms with Crippen LogP contribution in [0.4, 0.5) is 0 Å². The van der Waals surface area contributed by atoms with Gasteiger partial charge in [0.05, 0.1) is 6.54 Å². The van der Waals surface area contributed by atoms with Gasteiger partial charge in [0.15, 0.2) is 6.33 Å². The van der Waals surface area contributed by atoms with Crippen LogP contribution in [0.2, 0.25) is 0 Å². The summed E-state index contributed by atoms with van der Waals surface area (Å²) in [5.74, 6) is 1.43. The number of nitrogens with zero attached hydrogens (tertiary/aromatic N) is 4. The molecule has 22 heavy (non-hydrogen) atoms. The van der Waals surface area contributed by atoms with E-state index in [0.29, 0.717) is 5.92 Å². The molecular weight excluding hydrogens is 274 g/mol. The van der Waals surface area contributed by atoms with Gasteiger partial charge in [-0.1, -0.05) is 30.3 Å². The lowest BCUT2D eigenvalue weighted by molar-refractivity contribution is 0.204. The Hall–Kier alpha value is -1.75. The first kappa shape index (κ1) is 15.2. The molecule has 0 saturated carbocycles. The first-order chi connectivity index (χ1) is 10.9. The minimum Gasteiger partial charge on any atom is -0.317 e. The van der Waals surface area contributed by atoms with Gasteiger partial charge in [0.2, 0.25) is 0 Å². The second kappa shape index (κ2) is 8.03. The van der Waals surface area contributed by atoms with Crippen molar-refractivity contribution in [2.24, 2.45) is 11.8 Å². The summed E-state index contributed by atoms with van der Waals surface area (Å²) in [6.45, 7) is 3.19. The van der Waals surface area contributed by atoms with E-state index >= 15 is 0 Å². The summed E-state index contributed by atoms with van der Waals surface area (Å²) in [6.07, 6.45) is 7.69. The fourth-order valence-electron chi connectivity index (χ4n) is 3.49. The van der Waals surface area contributed by atoms with Crippen molar-refractivity contribution in [2.45, 2.75) is 38.6 Å². The summed E-state index contributed by atoms with van der Waals surface area (Å²) in [5, 5.41) is 15.6. The lowest BCUT2D eigenvalue weighted by atomic mass is 9.81. The Bertz CT molecular complexity index is 519. The van der Waals surface area contributed by atoms with E-state index in [1.807, 2.05) is 0 Å². The van der Waals surface area contributed by atoms with Gasteiger partial charge >= 0.3 is 0 Å². The van der Waals surface area contributed by atoms with Gasteiger partial charge in [0.1, 0.15) is 0 Å². The molecule has 1 aromatic heterocycles. The Labute approximate surface area is 132 Å². The zero-order valence-electron chi connectivity index (χ0n) is 13.1. The van der Waals surface area contributed by atoms with Crippen LogP contribution in [0, 0.1) is 11.8 Å². The van der Waals surface area contributed by atoms with E-state index in [4.69, 9.17) is 0 Å². The Morgan fingerprint density at radius 3 is 2.73 bits per heavy atom. The first-order valence-corrected chi connectivity index (χ1v) is 8.37. The lowest BCUT2D eigenvalue weighted by Gasteiger charge is -2.30. The van der Waals surface area contributed by atoms with Crippen molar-refractivity contribution in [1.29, 1.82) is 0 Å². The molecule has 0 amide bonds. The van der Waals surface area contributed by atoms with Crippen LogP contribution in [0.5, 0.6) is 0 Å². The molecule has 0 radical (unpaired) electrons. The molecule has 2 aromatic rings. The van der Waals surface area contributed by atoms with Gasteiger partial charge in [0, 0.05) is 0 Å². The van der Waals surface area contributed by atoms with Crippen LogP contribution in [-0.4, -0.2) is 33.3 Å². The van der Waals surface area contributed by atoms with Crippen molar-refractivity contribution in [2.75, 3.05) is 13.1 Å². The lowest BCUT2D eigenvalue weighted by Crippen LogP contribution is -2.33. The van der Waals surface area contributed by atoms with Crippen LogP contribution >= 0.6 is 0 Å². The molecule has 2 heterocycles. The van der Waals surface area contributed by atoms with Crippen LogP contribution in [0.1, 0.15) is 31.2 Å². The van der Waals surface area contributed by atoms with Crippen LogP contribution < -0.4 is 5.32 Å². The molecule has 1 aromatic carbocycles. The molecule has 5 nitrogen and oxygen atoms in total. The standard InChI is InChI=1S/C17H25N5/c1-2-5-15(6-3-1)7-4-8-17(13-22-20-14-19-21-22)16-9-11-18-12-10-16/h1-3,5-6,14,16-18H,4,7-13H2. The number of hydrogen-bond acceptors (Lipinski definition) is 4. The highest BCUT2D eigenvalue weighted by molar-refractivity contribution is 5.14. The van der Waals surface area contributed by atoms with Gasteiger partial charge in [-0.05, 0) is 67.8 Å². The molecule has 1 atom stereocenters. The quantitative estimate of drug-likeness (QED) is 0.852. The number of tetrazole rings is 1. The molecule has 1 N–H and O–H groups in total. The maximum absolute atomic E-state index is 4.20.